The van der Waals surface area contributed by atoms with E-state index in [0.717, 1.165) is 11.7 Å². The van der Waals surface area contributed by atoms with E-state index in [9.17, 15) is 22.8 Å². The number of likely N-dealkylation sites (tertiary alicyclic amines) is 1. The number of aromatic nitrogens is 5. The highest BCUT2D eigenvalue weighted by Crippen LogP contribution is 2.50. The van der Waals surface area contributed by atoms with Crippen molar-refractivity contribution >= 4 is 23.4 Å². The summed E-state index contributed by atoms with van der Waals surface area (Å²) in [5.41, 5.74) is 0.266. The number of carbonyl (C=O) groups excluding carboxylic acids is 2. The molecular formula is C20H21F3N8O2. The molecule has 3 amide bonds. The predicted octanol–water partition coefficient (Wildman–Crippen LogP) is 2.25. The van der Waals surface area contributed by atoms with Gasteiger partial charge < -0.3 is 14.4 Å². The van der Waals surface area contributed by atoms with Crippen LogP contribution in [-0.4, -0.2) is 72.3 Å². The molecule has 1 aliphatic heterocycles. The molecule has 1 spiro atoms. The van der Waals surface area contributed by atoms with Crippen molar-refractivity contribution in [3.63, 3.8) is 0 Å². The van der Waals surface area contributed by atoms with Gasteiger partial charge in [0.05, 0.1) is 18.0 Å². The molecule has 0 bridgehead atoms. The second-order valence-electron chi connectivity index (χ2n) is 8.83. The molecule has 0 aromatic carbocycles. The van der Waals surface area contributed by atoms with Crippen molar-refractivity contribution in [3.8, 4) is 0 Å². The van der Waals surface area contributed by atoms with Crippen molar-refractivity contribution in [1.29, 1.82) is 0 Å². The van der Waals surface area contributed by atoms with Gasteiger partial charge in [-0.25, -0.2) is 9.31 Å². The fourth-order valence-electron chi connectivity index (χ4n) is 4.70. The molecule has 0 unspecified atom stereocenters. The van der Waals surface area contributed by atoms with Crippen LogP contribution in [0.2, 0.25) is 0 Å². The van der Waals surface area contributed by atoms with Crippen LogP contribution in [0.4, 0.5) is 23.8 Å². The van der Waals surface area contributed by atoms with Crippen LogP contribution >= 0.6 is 0 Å². The molecule has 174 valence electrons. The van der Waals surface area contributed by atoms with Crippen LogP contribution in [0.5, 0.6) is 0 Å². The summed E-state index contributed by atoms with van der Waals surface area (Å²) in [7, 11) is 3.45. The van der Waals surface area contributed by atoms with E-state index in [1.54, 1.807) is 28.9 Å². The van der Waals surface area contributed by atoms with E-state index >= 15 is 0 Å². The number of nitrogens with zero attached hydrogens (tertiary/aromatic N) is 7. The van der Waals surface area contributed by atoms with Gasteiger partial charge in [-0.05, 0) is 18.9 Å². The highest BCUT2D eigenvalue weighted by molar-refractivity contribution is 6.00. The largest absolute Gasteiger partial charge is 0.418 e. The Labute approximate surface area is 186 Å². The predicted molar refractivity (Wildman–Crippen MR) is 109 cm³/mol. The van der Waals surface area contributed by atoms with Crippen molar-refractivity contribution in [1.82, 2.24) is 34.2 Å². The molecule has 2 aliphatic rings. The number of rotatable bonds is 3. The summed E-state index contributed by atoms with van der Waals surface area (Å²) < 4.78 is 42.0. The molecule has 13 heteroatoms. The third kappa shape index (κ3) is 3.56. The van der Waals surface area contributed by atoms with Crippen LogP contribution in [0.1, 0.15) is 28.8 Å². The summed E-state index contributed by atoms with van der Waals surface area (Å²) in [6, 6.07) is 0.120. The van der Waals surface area contributed by atoms with Crippen LogP contribution in [-0.2, 0) is 13.2 Å². The summed E-state index contributed by atoms with van der Waals surface area (Å²) in [4.78, 5) is 28.6. The Morgan fingerprint density at radius 1 is 1.21 bits per heavy atom. The lowest BCUT2D eigenvalue weighted by atomic mass is 9.60. The maximum absolute atomic E-state index is 12.9. The number of hydrogen-bond donors (Lipinski definition) is 1. The Morgan fingerprint density at radius 2 is 1.94 bits per heavy atom. The van der Waals surface area contributed by atoms with E-state index in [1.807, 2.05) is 17.8 Å². The zero-order valence-corrected chi connectivity index (χ0v) is 17.9. The highest BCUT2D eigenvalue weighted by Gasteiger charge is 2.55. The molecule has 3 aromatic heterocycles. The van der Waals surface area contributed by atoms with E-state index in [2.05, 4.69) is 20.6 Å². The molecule has 1 N–H and O–H groups in total. The number of imidazole rings is 1. The van der Waals surface area contributed by atoms with Crippen molar-refractivity contribution in [2.45, 2.75) is 25.1 Å². The summed E-state index contributed by atoms with van der Waals surface area (Å²) in [6.07, 6.45) is 2.64. The number of halogens is 3. The van der Waals surface area contributed by atoms with E-state index in [1.165, 1.54) is 4.90 Å². The quantitative estimate of drug-likeness (QED) is 0.644. The van der Waals surface area contributed by atoms with Crippen LogP contribution in [0.3, 0.4) is 0 Å². The number of anilines is 1. The molecule has 5 rings (SSSR count). The Hall–Kier alpha value is -3.64. The van der Waals surface area contributed by atoms with Gasteiger partial charge in [0.1, 0.15) is 11.2 Å². The maximum atomic E-state index is 12.9. The first kappa shape index (κ1) is 21.2. The van der Waals surface area contributed by atoms with Gasteiger partial charge in [0, 0.05) is 51.0 Å². The molecule has 0 radical (unpaired) electrons. The van der Waals surface area contributed by atoms with Crippen molar-refractivity contribution in [2.75, 3.05) is 25.5 Å². The minimum absolute atomic E-state index is 0.0363. The first-order chi connectivity index (χ1) is 15.6. The van der Waals surface area contributed by atoms with Crippen LogP contribution in [0, 0.1) is 5.41 Å². The molecule has 1 aliphatic carbocycles. The molecule has 1 saturated carbocycles. The Kier molecular flexibility index (Phi) is 4.62. The van der Waals surface area contributed by atoms with Gasteiger partial charge in [0.2, 0.25) is 0 Å². The summed E-state index contributed by atoms with van der Waals surface area (Å²) in [5, 5.41) is 13.4. The zero-order chi connectivity index (χ0) is 23.5. The standard InChI is InChI=1S/C20H21F3N8O2/c1-28-3-4-31-16(28)14(9-25-31)17(32)30-10-19(11-30)6-13(7-19)29(2)18(33)26-15-5-12(8-24-27-15)20(21,22)23/h3-5,8-9,13H,6-7,10-11H2,1-2H3,(H,26,27,33). The number of aryl methyl sites for hydroxylation is 1. The Bertz CT molecular complexity index is 1240. The normalized spacial score (nSPS) is 17.7. The smallest absolute Gasteiger partial charge is 0.337 e. The third-order valence-electron chi connectivity index (χ3n) is 6.53. The van der Waals surface area contributed by atoms with Crippen molar-refractivity contribution in [2.24, 2.45) is 12.5 Å². The van der Waals surface area contributed by atoms with Crippen molar-refractivity contribution in [3.05, 3.63) is 42.0 Å². The zero-order valence-electron chi connectivity index (χ0n) is 17.9. The molecule has 0 atom stereocenters. The third-order valence-corrected chi connectivity index (χ3v) is 6.53. The Balaban J connectivity index is 1.15. The number of carbonyl (C=O) groups is 2. The van der Waals surface area contributed by atoms with Gasteiger partial charge in [-0.1, -0.05) is 0 Å². The number of hydrogen-bond acceptors (Lipinski definition) is 5. The SMILES string of the molecule is CN(C(=O)Nc1cc(C(F)(F)F)cnn1)C1CC2(C1)CN(C(=O)c1cnn3ccn(C)c13)C2. The average molecular weight is 462 g/mol. The highest BCUT2D eigenvalue weighted by atomic mass is 19.4. The monoisotopic (exact) mass is 462 g/mol. The number of fused-ring (bicyclic) bond motifs is 1. The molecular weight excluding hydrogens is 441 g/mol. The molecule has 33 heavy (non-hydrogen) atoms. The van der Waals surface area contributed by atoms with Crippen LogP contribution in [0.25, 0.3) is 5.65 Å². The first-order valence-electron chi connectivity index (χ1n) is 10.3. The summed E-state index contributed by atoms with van der Waals surface area (Å²) in [6.45, 7) is 1.19. The number of alkyl halides is 3. The summed E-state index contributed by atoms with van der Waals surface area (Å²) in [5.74, 6) is -0.334. The fraction of sp³-hybridized carbons (Fsp3) is 0.450. The molecule has 2 fully saturated rings. The van der Waals surface area contributed by atoms with Gasteiger partial charge in [-0.2, -0.15) is 23.4 Å². The van der Waals surface area contributed by atoms with E-state index < -0.39 is 17.8 Å². The molecule has 3 aromatic rings. The lowest BCUT2D eigenvalue weighted by Crippen LogP contribution is -2.67. The van der Waals surface area contributed by atoms with Gasteiger partial charge >= 0.3 is 12.2 Å². The molecule has 4 heterocycles. The van der Waals surface area contributed by atoms with Gasteiger partial charge in [-0.3, -0.25) is 10.1 Å². The number of nitrogens with one attached hydrogen (secondary N) is 1. The number of amides is 3. The Morgan fingerprint density at radius 3 is 2.64 bits per heavy atom. The number of urea groups is 1. The minimum Gasteiger partial charge on any atom is -0.337 e. The van der Waals surface area contributed by atoms with Gasteiger partial charge in [-0.15, -0.1) is 5.10 Å². The minimum atomic E-state index is -4.57. The first-order valence-corrected chi connectivity index (χ1v) is 10.3. The van der Waals surface area contributed by atoms with E-state index in [-0.39, 0.29) is 23.2 Å². The topological polar surface area (TPSA) is 101 Å². The van der Waals surface area contributed by atoms with Crippen LogP contribution in [0.15, 0.2) is 30.9 Å². The van der Waals surface area contributed by atoms with Gasteiger partial charge in [0.25, 0.3) is 5.91 Å². The summed E-state index contributed by atoms with van der Waals surface area (Å²) >= 11 is 0. The maximum Gasteiger partial charge on any atom is 0.418 e. The second-order valence-corrected chi connectivity index (χ2v) is 8.83. The van der Waals surface area contributed by atoms with Crippen molar-refractivity contribution < 1.29 is 22.8 Å². The van der Waals surface area contributed by atoms with E-state index in [0.29, 0.717) is 37.7 Å². The van der Waals surface area contributed by atoms with Gasteiger partial charge in [0.15, 0.2) is 5.82 Å². The second kappa shape index (κ2) is 7.18. The average Bonchev–Trinajstić information content (AvgIpc) is 3.28. The fourth-order valence-corrected chi connectivity index (χ4v) is 4.70. The molecule has 10 nitrogen and oxygen atoms in total. The van der Waals surface area contributed by atoms with E-state index in [4.69, 9.17) is 0 Å². The lowest BCUT2D eigenvalue weighted by molar-refractivity contribution is -0.137. The van der Waals surface area contributed by atoms with Crippen LogP contribution < -0.4 is 5.32 Å². The lowest BCUT2D eigenvalue weighted by Gasteiger charge is -2.60. The molecule has 1 saturated heterocycles.